The van der Waals surface area contributed by atoms with E-state index in [-0.39, 0.29) is 16.9 Å². The molecule has 2 aromatic rings. The summed E-state index contributed by atoms with van der Waals surface area (Å²) in [6, 6.07) is 4.95. The highest BCUT2D eigenvalue weighted by Crippen LogP contribution is 2.40. The average molecular weight is 347 g/mol. The lowest BCUT2D eigenvalue weighted by atomic mass is 9.99. The number of sulfonamides is 1. The fourth-order valence-electron chi connectivity index (χ4n) is 2.79. The molecule has 0 saturated heterocycles. The van der Waals surface area contributed by atoms with Gasteiger partial charge in [-0.3, -0.25) is 9.52 Å². The summed E-state index contributed by atoms with van der Waals surface area (Å²) in [5.41, 5.74) is 1.87. The molecule has 7 nitrogen and oxygen atoms in total. The number of nitrogens with zero attached hydrogens (tertiary/aromatic N) is 2. The highest BCUT2D eigenvalue weighted by Gasteiger charge is 2.31. The van der Waals surface area contributed by atoms with Crippen LogP contribution in [0.25, 0.3) is 0 Å². The number of fused-ring (bicyclic) bond motifs is 1. The van der Waals surface area contributed by atoms with Crippen LogP contribution in [0, 0.1) is 0 Å². The highest BCUT2D eigenvalue weighted by molar-refractivity contribution is 7.92. The van der Waals surface area contributed by atoms with Gasteiger partial charge in [0.1, 0.15) is 0 Å². The van der Waals surface area contributed by atoms with Gasteiger partial charge in [-0.05, 0) is 43.0 Å². The number of benzene rings is 1. The van der Waals surface area contributed by atoms with Gasteiger partial charge in [-0.25, -0.2) is 4.98 Å². The molecule has 24 heavy (non-hydrogen) atoms. The van der Waals surface area contributed by atoms with E-state index in [1.807, 2.05) is 0 Å². The second kappa shape index (κ2) is 5.34. The minimum atomic E-state index is -3.82. The molecule has 8 heteroatoms. The third-order valence-corrected chi connectivity index (χ3v) is 5.57. The molecule has 0 unspecified atom stereocenters. The molecule has 1 N–H and O–H groups in total. The summed E-state index contributed by atoms with van der Waals surface area (Å²) < 4.78 is 32.7. The summed E-state index contributed by atoms with van der Waals surface area (Å²) in [6.45, 7) is 0.620. The second-order valence-corrected chi connectivity index (χ2v) is 7.86. The number of rotatable bonds is 4. The van der Waals surface area contributed by atoms with Gasteiger partial charge in [-0.15, -0.1) is 0 Å². The Kier molecular flexibility index (Phi) is 3.38. The maximum atomic E-state index is 12.4. The average Bonchev–Trinajstić information content (AvgIpc) is 3.27. The van der Waals surface area contributed by atoms with Crippen LogP contribution in [0.15, 0.2) is 33.9 Å². The number of nitrogens with one attached hydrogen (secondary N) is 1. The first-order valence-corrected chi connectivity index (χ1v) is 9.29. The Bertz CT molecular complexity index is 915. The zero-order valence-corrected chi connectivity index (χ0v) is 14.0. The molecule has 1 amide bonds. The van der Waals surface area contributed by atoms with Crippen LogP contribution in [0.5, 0.6) is 0 Å². The summed E-state index contributed by atoms with van der Waals surface area (Å²) >= 11 is 0. The number of hydrogen-bond acceptors (Lipinski definition) is 5. The Morgan fingerprint density at radius 3 is 2.88 bits per heavy atom. The van der Waals surface area contributed by atoms with E-state index in [4.69, 9.17) is 4.42 Å². The van der Waals surface area contributed by atoms with Gasteiger partial charge in [0.05, 0.1) is 6.20 Å². The van der Waals surface area contributed by atoms with Crippen molar-refractivity contribution in [3.63, 3.8) is 0 Å². The molecular formula is C16H17N3O4S. The van der Waals surface area contributed by atoms with Crippen LogP contribution < -0.4 is 4.72 Å². The van der Waals surface area contributed by atoms with E-state index in [0.717, 1.165) is 18.4 Å². The minimum Gasteiger partial charge on any atom is -0.427 e. The molecule has 4 rings (SSSR count). The minimum absolute atomic E-state index is 0.0463. The molecule has 126 valence electrons. The van der Waals surface area contributed by atoms with Crippen molar-refractivity contribution in [3.8, 4) is 0 Å². The summed E-state index contributed by atoms with van der Waals surface area (Å²) in [6.07, 6.45) is 3.91. The van der Waals surface area contributed by atoms with Gasteiger partial charge in [0.2, 0.25) is 0 Å². The van der Waals surface area contributed by atoms with E-state index >= 15 is 0 Å². The van der Waals surface area contributed by atoms with Gasteiger partial charge in [0.15, 0.2) is 5.89 Å². The third-order valence-electron chi connectivity index (χ3n) is 4.34. The van der Waals surface area contributed by atoms with E-state index < -0.39 is 10.0 Å². The number of oxazole rings is 1. The van der Waals surface area contributed by atoms with E-state index in [1.54, 1.807) is 30.1 Å². The van der Waals surface area contributed by atoms with Crippen LogP contribution in [0.3, 0.4) is 0 Å². The molecule has 0 bridgehead atoms. The SMILES string of the molecule is CN1CCc2cc(NS(=O)(=O)c3cnc(C4CC4)o3)ccc2C1=O. The standard InChI is InChI=1S/C16H17N3O4S/c1-19-7-6-11-8-12(4-5-13(11)16(19)20)18-24(21,22)14-9-17-15(23-14)10-2-3-10/h4-5,8-10,18H,2-3,6-7H2,1H3. The smallest absolute Gasteiger partial charge is 0.297 e. The van der Waals surface area contributed by atoms with E-state index in [9.17, 15) is 13.2 Å². The van der Waals surface area contributed by atoms with E-state index in [0.29, 0.717) is 30.1 Å². The molecule has 2 aliphatic rings. The first-order valence-electron chi connectivity index (χ1n) is 7.81. The van der Waals surface area contributed by atoms with Crippen LogP contribution in [-0.2, 0) is 16.4 Å². The Hall–Kier alpha value is -2.35. The molecule has 1 aromatic carbocycles. The fourth-order valence-corrected chi connectivity index (χ4v) is 3.71. The number of anilines is 1. The molecule has 2 heterocycles. The lowest BCUT2D eigenvalue weighted by molar-refractivity contribution is 0.0781. The van der Waals surface area contributed by atoms with Crippen LogP contribution in [0.4, 0.5) is 5.69 Å². The van der Waals surface area contributed by atoms with Crippen molar-refractivity contribution in [1.82, 2.24) is 9.88 Å². The largest absolute Gasteiger partial charge is 0.427 e. The lowest BCUT2D eigenvalue weighted by Gasteiger charge is -2.25. The number of hydrogen-bond donors (Lipinski definition) is 1. The van der Waals surface area contributed by atoms with Crippen molar-refractivity contribution in [3.05, 3.63) is 41.4 Å². The monoisotopic (exact) mass is 347 g/mol. The van der Waals surface area contributed by atoms with E-state index in [2.05, 4.69) is 9.71 Å². The Balaban J connectivity index is 1.59. The van der Waals surface area contributed by atoms with Gasteiger partial charge in [0, 0.05) is 30.8 Å². The maximum absolute atomic E-state index is 12.4. The molecule has 1 fully saturated rings. The zero-order chi connectivity index (χ0) is 16.9. The Morgan fingerprint density at radius 2 is 2.12 bits per heavy atom. The molecule has 0 atom stereocenters. The number of amides is 1. The Morgan fingerprint density at radius 1 is 1.33 bits per heavy atom. The van der Waals surface area contributed by atoms with Crippen LogP contribution in [0.2, 0.25) is 0 Å². The number of carbonyl (C=O) groups excluding carboxylic acids is 1. The third kappa shape index (κ3) is 2.66. The number of likely N-dealkylation sites (N-methyl/N-ethyl adjacent to an activating group) is 1. The molecule has 1 aliphatic heterocycles. The van der Waals surface area contributed by atoms with Gasteiger partial charge in [-0.1, -0.05) is 0 Å². The van der Waals surface area contributed by atoms with Crippen molar-refractivity contribution in [2.45, 2.75) is 30.3 Å². The van der Waals surface area contributed by atoms with Crippen LogP contribution in [-0.4, -0.2) is 37.8 Å². The van der Waals surface area contributed by atoms with Crippen LogP contribution in [0.1, 0.15) is 40.6 Å². The quantitative estimate of drug-likeness (QED) is 0.913. The summed E-state index contributed by atoms with van der Waals surface area (Å²) in [5, 5.41) is -0.182. The molecule has 1 aromatic heterocycles. The molecule has 0 spiro atoms. The second-order valence-electron chi connectivity index (χ2n) is 6.25. The van der Waals surface area contributed by atoms with Crippen molar-refractivity contribution in [2.24, 2.45) is 0 Å². The maximum Gasteiger partial charge on any atom is 0.297 e. The van der Waals surface area contributed by atoms with Crippen molar-refractivity contribution < 1.29 is 17.6 Å². The molecule has 1 saturated carbocycles. The number of carbonyl (C=O) groups is 1. The van der Waals surface area contributed by atoms with Gasteiger partial charge >= 0.3 is 0 Å². The normalized spacial score (nSPS) is 17.7. The molecule has 0 radical (unpaired) electrons. The Labute approximate surface area is 139 Å². The summed E-state index contributed by atoms with van der Waals surface area (Å²) in [5.74, 6) is 0.685. The van der Waals surface area contributed by atoms with Crippen molar-refractivity contribution >= 4 is 21.6 Å². The summed E-state index contributed by atoms with van der Waals surface area (Å²) in [7, 11) is -2.07. The van der Waals surface area contributed by atoms with Crippen LogP contribution >= 0.6 is 0 Å². The first-order chi connectivity index (χ1) is 11.4. The highest BCUT2D eigenvalue weighted by atomic mass is 32.2. The molecular weight excluding hydrogens is 330 g/mol. The first kappa shape index (κ1) is 15.2. The van der Waals surface area contributed by atoms with Gasteiger partial charge < -0.3 is 9.32 Å². The summed E-state index contributed by atoms with van der Waals surface area (Å²) in [4.78, 5) is 17.8. The fraction of sp³-hybridized carbons (Fsp3) is 0.375. The predicted molar refractivity (Wildman–Crippen MR) is 86.4 cm³/mol. The van der Waals surface area contributed by atoms with Crippen molar-refractivity contribution in [1.29, 1.82) is 0 Å². The topological polar surface area (TPSA) is 92.5 Å². The zero-order valence-electron chi connectivity index (χ0n) is 13.2. The lowest BCUT2D eigenvalue weighted by Crippen LogP contribution is -2.34. The predicted octanol–water partition coefficient (Wildman–Crippen LogP) is 1.98. The number of aromatic nitrogens is 1. The van der Waals surface area contributed by atoms with Crippen molar-refractivity contribution in [2.75, 3.05) is 18.3 Å². The van der Waals surface area contributed by atoms with Gasteiger partial charge in [-0.2, -0.15) is 8.42 Å². The van der Waals surface area contributed by atoms with Gasteiger partial charge in [0.25, 0.3) is 21.0 Å². The molecule has 1 aliphatic carbocycles. The van der Waals surface area contributed by atoms with E-state index in [1.165, 1.54) is 6.20 Å².